The molecule has 1 aromatic rings. The lowest BCUT2D eigenvalue weighted by Crippen LogP contribution is -2.48. The number of likely N-dealkylation sites (tertiary alicyclic amines) is 1. The maximum Gasteiger partial charge on any atom is 0.239 e. The van der Waals surface area contributed by atoms with Crippen LogP contribution in [0.15, 0.2) is 24.3 Å². The highest BCUT2D eigenvalue weighted by Gasteiger charge is 2.38. The minimum Gasteiger partial charge on any atom is -0.342 e. The molecule has 0 saturated carbocycles. The molecule has 0 aliphatic carbocycles. The summed E-state index contributed by atoms with van der Waals surface area (Å²) in [5.41, 5.74) is 1.89. The monoisotopic (exact) mass is 308 g/mol. The van der Waals surface area contributed by atoms with Gasteiger partial charge < -0.3 is 4.90 Å². The van der Waals surface area contributed by atoms with Crippen molar-refractivity contribution < 1.29 is 13.2 Å². The minimum absolute atomic E-state index is 0.0447. The van der Waals surface area contributed by atoms with Crippen LogP contribution in [0.5, 0.6) is 0 Å². The van der Waals surface area contributed by atoms with Crippen molar-refractivity contribution in [3.63, 3.8) is 0 Å². The number of fused-ring (bicyclic) bond motifs is 1. The molecule has 0 aromatic heterocycles. The van der Waals surface area contributed by atoms with Crippen molar-refractivity contribution in [2.75, 3.05) is 23.9 Å². The van der Waals surface area contributed by atoms with Gasteiger partial charge in [0.2, 0.25) is 15.9 Å². The Morgan fingerprint density at radius 3 is 2.76 bits per heavy atom. The number of hydrogen-bond acceptors (Lipinski definition) is 3. The van der Waals surface area contributed by atoms with Gasteiger partial charge in [0.15, 0.2) is 0 Å². The first-order valence-corrected chi connectivity index (χ1v) is 8.85. The zero-order chi connectivity index (χ0) is 15.0. The molecule has 0 radical (unpaired) electrons. The third kappa shape index (κ3) is 2.52. The molecule has 1 saturated heterocycles. The van der Waals surface area contributed by atoms with E-state index >= 15 is 0 Å². The summed E-state index contributed by atoms with van der Waals surface area (Å²) in [6.45, 7) is 2.99. The Morgan fingerprint density at radius 1 is 1.24 bits per heavy atom. The molecule has 0 bridgehead atoms. The van der Waals surface area contributed by atoms with E-state index in [0.717, 1.165) is 24.1 Å². The number of carbonyl (C=O) groups excluding carboxylic acids is 1. The quantitative estimate of drug-likeness (QED) is 0.829. The number of carbonyl (C=O) groups is 1. The molecule has 6 heteroatoms. The average Bonchev–Trinajstić information content (AvgIpc) is 2.92. The van der Waals surface area contributed by atoms with E-state index in [-0.39, 0.29) is 5.91 Å². The number of anilines is 1. The molecule has 2 heterocycles. The third-order valence-electron chi connectivity index (χ3n) is 4.40. The van der Waals surface area contributed by atoms with Gasteiger partial charge in [0.05, 0.1) is 10.9 Å². The van der Waals surface area contributed by atoms with E-state index in [1.54, 1.807) is 4.90 Å². The fourth-order valence-electron chi connectivity index (χ4n) is 3.22. The van der Waals surface area contributed by atoms with Crippen LogP contribution in [0.3, 0.4) is 0 Å². The summed E-state index contributed by atoms with van der Waals surface area (Å²) in [5.74, 6) is -0.0447. The van der Waals surface area contributed by atoms with Crippen LogP contribution >= 0.6 is 0 Å². The van der Waals surface area contributed by atoms with Crippen molar-refractivity contribution in [1.29, 1.82) is 0 Å². The Kier molecular flexibility index (Phi) is 3.65. The molecule has 0 spiro atoms. The zero-order valence-corrected chi connectivity index (χ0v) is 13.0. The van der Waals surface area contributed by atoms with Gasteiger partial charge in [-0.3, -0.25) is 9.10 Å². The van der Waals surface area contributed by atoms with E-state index in [0.29, 0.717) is 26.1 Å². The maximum atomic E-state index is 12.9. The van der Waals surface area contributed by atoms with Gasteiger partial charge >= 0.3 is 0 Å². The van der Waals surface area contributed by atoms with E-state index < -0.39 is 15.3 Å². The van der Waals surface area contributed by atoms with E-state index in [9.17, 15) is 13.2 Å². The van der Waals surface area contributed by atoms with Crippen LogP contribution in [0.2, 0.25) is 0 Å². The Morgan fingerprint density at radius 2 is 2.00 bits per heavy atom. The summed E-state index contributed by atoms with van der Waals surface area (Å²) in [4.78, 5) is 13.2. The van der Waals surface area contributed by atoms with Crippen molar-refractivity contribution in [3.05, 3.63) is 29.8 Å². The Balaban J connectivity index is 1.86. The number of rotatable bonds is 2. The molecule has 0 N–H and O–H groups in total. The number of nitrogens with zero attached hydrogens (tertiary/aromatic N) is 2. The van der Waals surface area contributed by atoms with Crippen LogP contribution < -0.4 is 4.31 Å². The van der Waals surface area contributed by atoms with Crippen molar-refractivity contribution in [2.45, 2.75) is 31.4 Å². The number of amides is 1. The zero-order valence-electron chi connectivity index (χ0n) is 12.2. The normalized spacial score (nSPS) is 22.2. The van der Waals surface area contributed by atoms with Crippen LogP contribution in [0.4, 0.5) is 5.69 Å². The van der Waals surface area contributed by atoms with Crippen molar-refractivity contribution in [2.24, 2.45) is 0 Å². The second kappa shape index (κ2) is 5.33. The first-order chi connectivity index (χ1) is 10.00. The summed E-state index contributed by atoms with van der Waals surface area (Å²) < 4.78 is 27.4. The molecule has 0 unspecified atom stereocenters. The smallest absolute Gasteiger partial charge is 0.239 e. The van der Waals surface area contributed by atoms with Gasteiger partial charge in [-0.1, -0.05) is 18.2 Å². The Bertz CT molecular complexity index is 657. The Labute approximate surface area is 125 Å². The van der Waals surface area contributed by atoms with E-state index in [1.165, 1.54) is 11.2 Å². The van der Waals surface area contributed by atoms with Gasteiger partial charge in [-0.2, -0.15) is 0 Å². The molecule has 2 aliphatic rings. The summed E-state index contributed by atoms with van der Waals surface area (Å²) in [7, 11) is -3.40. The maximum absolute atomic E-state index is 12.9. The second-order valence-corrected chi connectivity index (χ2v) is 7.86. The number of benzene rings is 1. The Hall–Kier alpha value is -1.56. The van der Waals surface area contributed by atoms with Gasteiger partial charge in [0.1, 0.15) is 0 Å². The molecule has 114 valence electrons. The van der Waals surface area contributed by atoms with E-state index in [1.807, 2.05) is 24.3 Å². The highest BCUT2D eigenvalue weighted by molar-refractivity contribution is 7.93. The van der Waals surface area contributed by atoms with Crippen molar-refractivity contribution >= 4 is 21.6 Å². The lowest BCUT2D eigenvalue weighted by atomic mass is 10.1. The average molecular weight is 308 g/mol. The molecule has 1 fully saturated rings. The molecule has 1 atom stereocenters. The molecule has 3 rings (SSSR count). The van der Waals surface area contributed by atoms with Gasteiger partial charge in [-0.15, -0.1) is 0 Å². The van der Waals surface area contributed by atoms with Gasteiger partial charge in [-0.05, 0) is 30.9 Å². The topological polar surface area (TPSA) is 57.7 Å². The minimum atomic E-state index is -3.40. The van der Waals surface area contributed by atoms with Crippen LogP contribution in [0.25, 0.3) is 0 Å². The van der Waals surface area contributed by atoms with Gasteiger partial charge in [0.25, 0.3) is 0 Å². The predicted molar refractivity (Wildman–Crippen MR) is 81.7 cm³/mol. The fraction of sp³-hybridized carbons (Fsp3) is 0.533. The fourth-order valence-corrected chi connectivity index (χ4v) is 5.21. The predicted octanol–water partition coefficient (Wildman–Crippen LogP) is 1.39. The number of piperidine rings is 1. The van der Waals surface area contributed by atoms with Gasteiger partial charge in [-0.25, -0.2) is 8.42 Å². The molecule has 5 nitrogen and oxygen atoms in total. The SMILES string of the molecule is CC(=O)N1CCC[C@H](S(=O)(=O)N2CCc3ccccc32)C1. The molecule has 21 heavy (non-hydrogen) atoms. The van der Waals surface area contributed by atoms with E-state index in [2.05, 4.69) is 0 Å². The second-order valence-electron chi connectivity index (χ2n) is 5.73. The largest absolute Gasteiger partial charge is 0.342 e. The molecule has 1 aromatic carbocycles. The summed E-state index contributed by atoms with van der Waals surface area (Å²) >= 11 is 0. The van der Waals surface area contributed by atoms with Crippen LogP contribution in [-0.2, 0) is 21.2 Å². The van der Waals surface area contributed by atoms with Crippen LogP contribution in [0.1, 0.15) is 25.3 Å². The molecule has 2 aliphatic heterocycles. The highest BCUT2D eigenvalue weighted by atomic mass is 32.2. The lowest BCUT2D eigenvalue weighted by Gasteiger charge is -2.34. The van der Waals surface area contributed by atoms with Crippen molar-refractivity contribution in [3.8, 4) is 0 Å². The summed E-state index contributed by atoms with van der Waals surface area (Å²) in [5, 5.41) is -0.485. The first-order valence-electron chi connectivity index (χ1n) is 7.35. The standard InChI is InChI=1S/C15H20N2O3S/c1-12(18)16-9-4-6-14(11-16)21(19,20)17-10-8-13-5-2-3-7-15(13)17/h2-3,5,7,14H,4,6,8-11H2,1H3/t14-/m0/s1. The third-order valence-corrected chi connectivity index (χ3v) is 6.62. The number of sulfonamides is 1. The molecular weight excluding hydrogens is 288 g/mol. The molecular formula is C15H20N2O3S. The van der Waals surface area contributed by atoms with Crippen molar-refractivity contribution in [1.82, 2.24) is 4.90 Å². The molecule has 1 amide bonds. The summed E-state index contributed by atoms with van der Waals surface area (Å²) in [6, 6.07) is 7.65. The number of para-hydroxylation sites is 1. The van der Waals surface area contributed by atoms with Crippen LogP contribution in [0, 0.1) is 0 Å². The van der Waals surface area contributed by atoms with Gasteiger partial charge in [0, 0.05) is 26.6 Å². The number of hydrogen-bond donors (Lipinski definition) is 0. The van der Waals surface area contributed by atoms with Crippen LogP contribution in [-0.4, -0.2) is 44.1 Å². The van der Waals surface area contributed by atoms with E-state index in [4.69, 9.17) is 0 Å². The summed E-state index contributed by atoms with van der Waals surface area (Å²) in [6.07, 6.45) is 2.14. The highest BCUT2D eigenvalue weighted by Crippen LogP contribution is 2.33. The first kappa shape index (κ1) is 14.4. The lowest BCUT2D eigenvalue weighted by molar-refractivity contribution is -0.129.